The molecule has 0 aliphatic heterocycles. The first-order valence-electron chi connectivity index (χ1n) is 7.86. The third kappa shape index (κ3) is 3.52. The van der Waals surface area contributed by atoms with Gasteiger partial charge in [-0.2, -0.15) is 0 Å². The van der Waals surface area contributed by atoms with Crippen molar-refractivity contribution in [1.82, 2.24) is 4.98 Å². The van der Waals surface area contributed by atoms with Crippen molar-refractivity contribution in [3.05, 3.63) is 67.1 Å². The summed E-state index contributed by atoms with van der Waals surface area (Å²) < 4.78 is 16.4. The fourth-order valence-corrected chi connectivity index (χ4v) is 3.30. The molecule has 1 aromatic carbocycles. The summed E-state index contributed by atoms with van der Waals surface area (Å²) >= 11 is 1.31. The zero-order valence-corrected chi connectivity index (χ0v) is 14.4. The van der Waals surface area contributed by atoms with Crippen molar-refractivity contribution in [3.63, 3.8) is 0 Å². The summed E-state index contributed by atoms with van der Waals surface area (Å²) in [6.45, 7) is -0.101. The second-order valence-electron chi connectivity index (χ2n) is 5.30. The molecule has 0 aliphatic rings. The molecule has 7 heteroatoms. The summed E-state index contributed by atoms with van der Waals surface area (Å²) in [5.74, 6) is 1.61. The Morgan fingerprint density at radius 2 is 1.73 bits per heavy atom. The molecule has 4 rings (SSSR count). The van der Waals surface area contributed by atoms with Gasteiger partial charge < -0.3 is 13.6 Å². The third-order valence-corrected chi connectivity index (χ3v) is 4.47. The number of hydrogen-bond acceptors (Lipinski definition) is 6. The standard InChI is InChI=1S/C19H14N2O4S/c22-16(12-25-13-6-2-1-3-7-13)20-19-21-17(14-8-4-10-23-14)18(26-19)15-9-5-11-24-15/h1-11H,12H2,(H,20,21,22). The molecular weight excluding hydrogens is 352 g/mol. The average Bonchev–Trinajstić information content (AvgIpc) is 3.41. The van der Waals surface area contributed by atoms with Crippen molar-refractivity contribution < 1.29 is 18.4 Å². The van der Waals surface area contributed by atoms with E-state index in [9.17, 15) is 4.79 Å². The fraction of sp³-hybridized carbons (Fsp3) is 0.0526. The Hall–Kier alpha value is -3.32. The number of benzene rings is 1. The van der Waals surface area contributed by atoms with E-state index in [4.69, 9.17) is 13.6 Å². The molecular formula is C19H14N2O4S. The van der Waals surface area contributed by atoms with Gasteiger partial charge in [0.05, 0.1) is 12.5 Å². The van der Waals surface area contributed by atoms with Crippen molar-refractivity contribution in [2.75, 3.05) is 11.9 Å². The normalized spacial score (nSPS) is 10.6. The minimum absolute atomic E-state index is 0.101. The van der Waals surface area contributed by atoms with Crippen LogP contribution in [0.2, 0.25) is 0 Å². The van der Waals surface area contributed by atoms with Gasteiger partial charge in [-0.3, -0.25) is 10.1 Å². The highest BCUT2D eigenvalue weighted by molar-refractivity contribution is 7.19. The van der Waals surface area contributed by atoms with Crippen LogP contribution >= 0.6 is 11.3 Å². The molecule has 0 aliphatic carbocycles. The van der Waals surface area contributed by atoms with Crippen LogP contribution in [0.5, 0.6) is 5.75 Å². The minimum atomic E-state index is -0.292. The van der Waals surface area contributed by atoms with Gasteiger partial charge in [0, 0.05) is 0 Å². The van der Waals surface area contributed by atoms with E-state index in [0.717, 1.165) is 4.88 Å². The van der Waals surface area contributed by atoms with E-state index in [0.29, 0.717) is 28.1 Å². The van der Waals surface area contributed by atoms with Crippen LogP contribution in [0.3, 0.4) is 0 Å². The molecule has 0 fully saturated rings. The second-order valence-corrected chi connectivity index (χ2v) is 6.30. The van der Waals surface area contributed by atoms with Gasteiger partial charge in [0.1, 0.15) is 22.1 Å². The SMILES string of the molecule is O=C(COc1ccccc1)Nc1nc(-c2ccco2)c(-c2ccco2)s1. The largest absolute Gasteiger partial charge is 0.484 e. The molecule has 4 aromatic rings. The van der Waals surface area contributed by atoms with E-state index in [1.165, 1.54) is 11.3 Å². The molecule has 1 amide bonds. The number of carbonyl (C=O) groups excluding carboxylic acids is 1. The van der Waals surface area contributed by atoms with Gasteiger partial charge in [0.15, 0.2) is 17.5 Å². The van der Waals surface area contributed by atoms with Crippen LogP contribution in [0.4, 0.5) is 5.13 Å². The average molecular weight is 366 g/mol. The number of aromatic nitrogens is 1. The second kappa shape index (κ2) is 7.28. The molecule has 0 atom stereocenters. The van der Waals surface area contributed by atoms with Crippen LogP contribution in [0.15, 0.2) is 76.0 Å². The molecule has 0 spiro atoms. The Morgan fingerprint density at radius 1 is 1.00 bits per heavy atom. The van der Waals surface area contributed by atoms with Crippen LogP contribution in [-0.4, -0.2) is 17.5 Å². The van der Waals surface area contributed by atoms with E-state index in [2.05, 4.69) is 10.3 Å². The van der Waals surface area contributed by atoms with Crippen molar-refractivity contribution in [2.45, 2.75) is 0 Å². The first-order valence-corrected chi connectivity index (χ1v) is 8.67. The van der Waals surface area contributed by atoms with Gasteiger partial charge in [-0.15, -0.1) is 0 Å². The van der Waals surface area contributed by atoms with Gasteiger partial charge in [-0.05, 0) is 36.4 Å². The third-order valence-electron chi connectivity index (χ3n) is 3.49. The Morgan fingerprint density at radius 3 is 2.42 bits per heavy atom. The van der Waals surface area contributed by atoms with E-state index >= 15 is 0 Å². The lowest BCUT2D eigenvalue weighted by atomic mass is 10.2. The van der Waals surface area contributed by atoms with Crippen LogP contribution < -0.4 is 10.1 Å². The topological polar surface area (TPSA) is 77.5 Å². The first kappa shape index (κ1) is 16.2. The summed E-state index contributed by atoms with van der Waals surface area (Å²) in [6, 6.07) is 16.4. The number of nitrogens with zero attached hydrogens (tertiary/aromatic N) is 1. The van der Waals surface area contributed by atoms with Crippen LogP contribution in [-0.2, 0) is 4.79 Å². The molecule has 6 nitrogen and oxygen atoms in total. The number of nitrogens with one attached hydrogen (secondary N) is 1. The van der Waals surface area contributed by atoms with Gasteiger partial charge >= 0.3 is 0 Å². The minimum Gasteiger partial charge on any atom is -0.484 e. The van der Waals surface area contributed by atoms with Gasteiger partial charge in [0.25, 0.3) is 5.91 Å². The summed E-state index contributed by atoms with van der Waals surface area (Å²) in [6.07, 6.45) is 3.17. The van der Waals surface area contributed by atoms with Crippen molar-refractivity contribution in [2.24, 2.45) is 0 Å². The number of rotatable bonds is 6. The summed E-state index contributed by atoms with van der Waals surface area (Å²) in [5.41, 5.74) is 0.620. The van der Waals surface area contributed by atoms with Gasteiger partial charge in [-0.25, -0.2) is 4.98 Å². The predicted octanol–water partition coefficient (Wildman–Crippen LogP) is 4.68. The molecule has 0 bridgehead atoms. The summed E-state index contributed by atoms with van der Waals surface area (Å²) in [7, 11) is 0. The number of thiazole rings is 1. The van der Waals surface area contributed by atoms with Crippen molar-refractivity contribution in [3.8, 4) is 27.8 Å². The Labute approximate surface area is 153 Å². The molecule has 0 saturated carbocycles. The first-order chi connectivity index (χ1) is 12.8. The van der Waals surface area contributed by atoms with E-state index in [-0.39, 0.29) is 12.5 Å². The summed E-state index contributed by atoms with van der Waals surface area (Å²) in [4.78, 5) is 17.4. The maximum Gasteiger partial charge on any atom is 0.264 e. The molecule has 130 valence electrons. The summed E-state index contributed by atoms with van der Waals surface area (Å²) in [5, 5.41) is 3.21. The lowest BCUT2D eigenvalue weighted by molar-refractivity contribution is -0.118. The molecule has 0 unspecified atom stereocenters. The highest BCUT2D eigenvalue weighted by atomic mass is 32.1. The Bertz CT molecular complexity index is 924. The number of furan rings is 2. The van der Waals surface area contributed by atoms with E-state index < -0.39 is 0 Å². The lowest BCUT2D eigenvalue weighted by Gasteiger charge is -2.05. The number of ether oxygens (including phenoxy) is 1. The van der Waals surface area contributed by atoms with E-state index in [1.54, 1.807) is 36.8 Å². The fourth-order valence-electron chi connectivity index (χ4n) is 2.35. The lowest BCUT2D eigenvalue weighted by Crippen LogP contribution is -2.19. The monoisotopic (exact) mass is 366 g/mol. The highest BCUT2D eigenvalue weighted by Gasteiger charge is 2.20. The predicted molar refractivity (Wildman–Crippen MR) is 98.1 cm³/mol. The molecule has 3 aromatic heterocycles. The van der Waals surface area contributed by atoms with Gasteiger partial charge in [-0.1, -0.05) is 29.5 Å². The van der Waals surface area contributed by atoms with Crippen molar-refractivity contribution in [1.29, 1.82) is 0 Å². The number of anilines is 1. The molecule has 1 N–H and O–H groups in total. The maximum absolute atomic E-state index is 12.2. The van der Waals surface area contributed by atoms with E-state index in [1.807, 2.05) is 30.3 Å². The quantitative estimate of drug-likeness (QED) is 0.536. The maximum atomic E-state index is 12.2. The van der Waals surface area contributed by atoms with Crippen LogP contribution in [0.25, 0.3) is 22.1 Å². The number of hydrogen-bond donors (Lipinski definition) is 1. The number of amides is 1. The molecule has 26 heavy (non-hydrogen) atoms. The van der Waals surface area contributed by atoms with Crippen LogP contribution in [0.1, 0.15) is 0 Å². The Balaban J connectivity index is 1.52. The Kier molecular flexibility index (Phi) is 4.53. The smallest absolute Gasteiger partial charge is 0.264 e. The number of carbonyl (C=O) groups is 1. The van der Waals surface area contributed by atoms with Crippen LogP contribution in [0, 0.1) is 0 Å². The van der Waals surface area contributed by atoms with Crippen molar-refractivity contribution >= 4 is 22.4 Å². The molecule has 0 saturated heterocycles. The number of para-hydroxylation sites is 1. The molecule has 3 heterocycles. The molecule has 0 radical (unpaired) electrons. The highest BCUT2D eigenvalue weighted by Crippen LogP contribution is 2.39. The zero-order valence-electron chi connectivity index (χ0n) is 13.5. The van der Waals surface area contributed by atoms with Gasteiger partial charge in [0.2, 0.25) is 0 Å². The zero-order chi connectivity index (χ0) is 17.8.